The van der Waals surface area contributed by atoms with Crippen LogP contribution in [-0.2, 0) is 11.3 Å². The number of carbonyl (C=O) groups excluding carboxylic acids is 1. The van der Waals surface area contributed by atoms with Gasteiger partial charge in [-0.15, -0.1) is 0 Å². The van der Waals surface area contributed by atoms with Crippen molar-refractivity contribution >= 4 is 11.6 Å². The molecule has 4 heterocycles. The van der Waals surface area contributed by atoms with Crippen LogP contribution in [0.3, 0.4) is 0 Å². The van der Waals surface area contributed by atoms with Gasteiger partial charge in [0.1, 0.15) is 17.1 Å². The number of aromatic nitrogens is 4. The maximum atomic E-state index is 11.5. The fourth-order valence-corrected chi connectivity index (χ4v) is 3.87. The lowest BCUT2D eigenvalue weighted by molar-refractivity contribution is -0.130. The zero-order valence-electron chi connectivity index (χ0n) is 17.4. The van der Waals surface area contributed by atoms with Gasteiger partial charge in [-0.2, -0.15) is 5.10 Å². The molecule has 0 unspecified atom stereocenters. The molecule has 8 heteroatoms. The number of imidazole rings is 1. The Bertz CT molecular complexity index is 1170. The summed E-state index contributed by atoms with van der Waals surface area (Å²) < 4.78 is 8.03. The SMILES string of the molecule is CC(=O)N1CCN(Cc2cn3cc(Oc4ccc(-c5ccn[nH]5)cc4)ccc3n2)CC1. The van der Waals surface area contributed by atoms with Crippen molar-refractivity contribution < 1.29 is 9.53 Å². The molecule has 1 fully saturated rings. The minimum absolute atomic E-state index is 0.149. The Morgan fingerprint density at radius 1 is 1.00 bits per heavy atom. The Hall–Kier alpha value is -3.65. The molecule has 4 aromatic rings. The van der Waals surface area contributed by atoms with E-state index in [0.29, 0.717) is 0 Å². The lowest BCUT2D eigenvalue weighted by Gasteiger charge is -2.33. The predicted molar refractivity (Wildman–Crippen MR) is 117 cm³/mol. The summed E-state index contributed by atoms with van der Waals surface area (Å²) in [5.74, 6) is 1.67. The minimum atomic E-state index is 0.149. The molecule has 1 aliphatic heterocycles. The summed E-state index contributed by atoms with van der Waals surface area (Å²) in [5, 5.41) is 6.94. The molecule has 1 saturated heterocycles. The van der Waals surface area contributed by atoms with Crippen molar-refractivity contribution in [1.29, 1.82) is 0 Å². The van der Waals surface area contributed by atoms with Crippen molar-refractivity contribution in [3.63, 3.8) is 0 Å². The summed E-state index contributed by atoms with van der Waals surface area (Å²) in [5.41, 5.74) is 3.93. The van der Waals surface area contributed by atoms with Crippen molar-refractivity contribution in [3.8, 4) is 22.8 Å². The summed E-state index contributed by atoms with van der Waals surface area (Å²) in [6.45, 7) is 5.70. The predicted octanol–water partition coefficient (Wildman–Crippen LogP) is 3.18. The standard InChI is InChI=1S/C23H24N6O2/c1-17(30)28-12-10-27(11-13-28)14-19-15-29-16-21(6-7-23(29)25-19)31-20-4-2-18(3-5-20)22-8-9-24-26-22/h2-9,15-16H,10-14H2,1H3,(H,24,26). The topological polar surface area (TPSA) is 78.8 Å². The zero-order valence-corrected chi connectivity index (χ0v) is 17.4. The van der Waals surface area contributed by atoms with Crippen LogP contribution in [0.25, 0.3) is 16.9 Å². The third-order valence-corrected chi connectivity index (χ3v) is 5.58. The van der Waals surface area contributed by atoms with Crippen LogP contribution < -0.4 is 4.74 Å². The molecule has 8 nitrogen and oxygen atoms in total. The number of benzene rings is 1. The molecule has 31 heavy (non-hydrogen) atoms. The summed E-state index contributed by atoms with van der Waals surface area (Å²) in [4.78, 5) is 20.4. The van der Waals surface area contributed by atoms with E-state index in [1.165, 1.54) is 0 Å². The second kappa shape index (κ2) is 8.23. The van der Waals surface area contributed by atoms with E-state index < -0.39 is 0 Å². The summed E-state index contributed by atoms with van der Waals surface area (Å²) >= 11 is 0. The highest BCUT2D eigenvalue weighted by atomic mass is 16.5. The number of nitrogens with one attached hydrogen (secondary N) is 1. The number of nitrogens with zero attached hydrogens (tertiary/aromatic N) is 5. The molecule has 1 N–H and O–H groups in total. The third-order valence-electron chi connectivity index (χ3n) is 5.58. The average molecular weight is 416 g/mol. The maximum absolute atomic E-state index is 11.5. The lowest BCUT2D eigenvalue weighted by Crippen LogP contribution is -2.47. The smallest absolute Gasteiger partial charge is 0.219 e. The molecule has 0 bridgehead atoms. The van der Waals surface area contributed by atoms with Crippen LogP contribution >= 0.6 is 0 Å². The van der Waals surface area contributed by atoms with Crippen molar-refractivity contribution in [2.45, 2.75) is 13.5 Å². The van der Waals surface area contributed by atoms with Gasteiger partial charge in [0.2, 0.25) is 5.91 Å². The average Bonchev–Trinajstić information content (AvgIpc) is 3.44. The molecule has 5 rings (SSSR count). The number of fused-ring (bicyclic) bond motifs is 1. The van der Waals surface area contributed by atoms with Crippen LogP contribution in [0.15, 0.2) is 61.1 Å². The van der Waals surface area contributed by atoms with Crippen LogP contribution in [-0.4, -0.2) is 61.5 Å². The number of H-pyrrole nitrogens is 1. The van der Waals surface area contributed by atoms with E-state index in [9.17, 15) is 4.79 Å². The molecule has 0 radical (unpaired) electrons. The fraction of sp³-hybridized carbons (Fsp3) is 0.261. The molecule has 1 aliphatic rings. The summed E-state index contributed by atoms with van der Waals surface area (Å²) in [7, 11) is 0. The van der Waals surface area contributed by atoms with E-state index in [4.69, 9.17) is 9.72 Å². The number of carbonyl (C=O) groups is 1. The first-order valence-electron chi connectivity index (χ1n) is 10.4. The van der Waals surface area contributed by atoms with Gasteiger partial charge < -0.3 is 14.0 Å². The second-order valence-electron chi connectivity index (χ2n) is 7.74. The van der Waals surface area contributed by atoms with E-state index in [1.54, 1.807) is 13.1 Å². The Kier molecular flexibility index (Phi) is 5.13. The van der Waals surface area contributed by atoms with Gasteiger partial charge in [0.25, 0.3) is 0 Å². The van der Waals surface area contributed by atoms with Crippen LogP contribution in [0.4, 0.5) is 0 Å². The van der Waals surface area contributed by atoms with Crippen LogP contribution in [0.1, 0.15) is 12.6 Å². The Morgan fingerprint density at radius 2 is 1.77 bits per heavy atom. The van der Waals surface area contributed by atoms with Gasteiger partial charge in [0, 0.05) is 52.0 Å². The molecule has 1 aromatic carbocycles. The first-order chi connectivity index (χ1) is 15.1. The van der Waals surface area contributed by atoms with Crippen LogP contribution in [0, 0.1) is 0 Å². The summed E-state index contributed by atoms with van der Waals surface area (Å²) in [6, 6.07) is 13.7. The van der Waals surface area contributed by atoms with Gasteiger partial charge >= 0.3 is 0 Å². The van der Waals surface area contributed by atoms with Crippen molar-refractivity contribution in [1.82, 2.24) is 29.4 Å². The Labute approximate surface area is 180 Å². The Balaban J connectivity index is 1.25. The molecule has 0 aliphatic carbocycles. The molecular weight excluding hydrogens is 392 g/mol. The van der Waals surface area contributed by atoms with Crippen molar-refractivity contribution in [2.24, 2.45) is 0 Å². The number of piperazine rings is 1. The molecule has 0 spiro atoms. The second-order valence-corrected chi connectivity index (χ2v) is 7.74. The number of amides is 1. The molecule has 158 valence electrons. The fourth-order valence-electron chi connectivity index (χ4n) is 3.87. The largest absolute Gasteiger partial charge is 0.456 e. The molecule has 1 amide bonds. The third kappa shape index (κ3) is 4.29. The molecule has 3 aromatic heterocycles. The first kappa shape index (κ1) is 19.3. The van der Waals surface area contributed by atoms with E-state index in [2.05, 4.69) is 15.1 Å². The summed E-state index contributed by atoms with van der Waals surface area (Å²) in [6.07, 6.45) is 5.73. The molecular formula is C23H24N6O2. The first-order valence-corrected chi connectivity index (χ1v) is 10.4. The Morgan fingerprint density at radius 3 is 2.48 bits per heavy atom. The van der Waals surface area contributed by atoms with Crippen LogP contribution in [0.5, 0.6) is 11.5 Å². The van der Waals surface area contributed by atoms with Gasteiger partial charge in [0.05, 0.1) is 17.6 Å². The monoisotopic (exact) mass is 416 g/mol. The highest BCUT2D eigenvalue weighted by Gasteiger charge is 2.19. The molecule has 0 atom stereocenters. The highest BCUT2D eigenvalue weighted by molar-refractivity contribution is 5.73. The number of hydrogen-bond donors (Lipinski definition) is 1. The van der Waals surface area contributed by atoms with Gasteiger partial charge in [-0.3, -0.25) is 14.8 Å². The van der Waals surface area contributed by atoms with Gasteiger partial charge in [-0.25, -0.2) is 4.98 Å². The molecule has 0 saturated carbocycles. The van der Waals surface area contributed by atoms with Gasteiger partial charge in [-0.1, -0.05) is 0 Å². The number of pyridine rings is 1. The zero-order chi connectivity index (χ0) is 21.2. The van der Waals surface area contributed by atoms with E-state index in [1.807, 2.05) is 64.2 Å². The minimum Gasteiger partial charge on any atom is -0.456 e. The maximum Gasteiger partial charge on any atom is 0.219 e. The normalized spacial score (nSPS) is 14.8. The van der Waals surface area contributed by atoms with Crippen molar-refractivity contribution in [3.05, 3.63) is 66.7 Å². The number of hydrogen-bond acceptors (Lipinski definition) is 5. The van der Waals surface area contributed by atoms with Gasteiger partial charge in [-0.05, 0) is 48.0 Å². The van der Waals surface area contributed by atoms with Crippen molar-refractivity contribution in [2.75, 3.05) is 26.2 Å². The van der Waals surface area contributed by atoms with Gasteiger partial charge in [0.15, 0.2) is 0 Å². The lowest BCUT2D eigenvalue weighted by atomic mass is 10.1. The van der Waals surface area contributed by atoms with E-state index >= 15 is 0 Å². The number of rotatable bonds is 5. The van der Waals surface area contributed by atoms with E-state index in [-0.39, 0.29) is 5.91 Å². The van der Waals surface area contributed by atoms with Crippen LogP contribution in [0.2, 0.25) is 0 Å². The quantitative estimate of drug-likeness (QED) is 0.541. The highest BCUT2D eigenvalue weighted by Crippen LogP contribution is 2.25. The number of ether oxygens (including phenoxy) is 1. The van der Waals surface area contributed by atoms with E-state index in [0.717, 1.165) is 66.8 Å². The number of aromatic amines is 1.